The summed E-state index contributed by atoms with van der Waals surface area (Å²) in [4.78, 5) is 20.0. The monoisotopic (exact) mass is 444 g/mol. The molecule has 1 N–H and O–H groups in total. The van der Waals surface area contributed by atoms with Gasteiger partial charge in [-0.3, -0.25) is 4.79 Å². The minimum atomic E-state index is -0.000486. The van der Waals surface area contributed by atoms with Crippen LogP contribution in [0.25, 0.3) is 20.8 Å². The molecule has 3 heterocycles. The van der Waals surface area contributed by atoms with E-state index < -0.39 is 0 Å². The molecule has 0 fully saturated rings. The van der Waals surface area contributed by atoms with E-state index in [9.17, 15) is 4.79 Å². The second kappa shape index (κ2) is 7.59. The first-order chi connectivity index (χ1) is 13.7. The Bertz CT molecular complexity index is 1140. The van der Waals surface area contributed by atoms with E-state index in [-0.39, 0.29) is 5.91 Å². The predicted octanol–water partition coefficient (Wildman–Crippen LogP) is 6.80. The van der Waals surface area contributed by atoms with Crippen LogP contribution in [0.4, 0.5) is 5.00 Å². The largest absolute Gasteiger partial charge is 0.317 e. The van der Waals surface area contributed by atoms with Crippen LogP contribution in [0.1, 0.15) is 28.2 Å². The van der Waals surface area contributed by atoms with Gasteiger partial charge in [0.2, 0.25) is 5.91 Å². The van der Waals surface area contributed by atoms with Crippen molar-refractivity contribution in [1.29, 1.82) is 0 Å². The van der Waals surface area contributed by atoms with E-state index in [0.29, 0.717) is 10.8 Å². The van der Waals surface area contributed by atoms with Crippen LogP contribution in [0.2, 0.25) is 4.34 Å². The van der Waals surface area contributed by atoms with Gasteiger partial charge < -0.3 is 5.32 Å². The lowest BCUT2D eigenvalue weighted by Crippen LogP contribution is -2.13. The van der Waals surface area contributed by atoms with Crippen molar-refractivity contribution >= 4 is 66.7 Å². The first-order valence-electron chi connectivity index (χ1n) is 9.22. The lowest BCUT2D eigenvalue weighted by atomic mass is 9.96. The van der Waals surface area contributed by atoms with Gasteiger partial charge in [-0.05, 0) is 55.5 Å². The predicted molar refractivity (Wildman–Crippen MR) is 121 cm³/mol. The average molecular weight is 445 g/mol. The van der Waals surface area contributed by atoms with Crippen molar-refractivity contribution in [1.82, 2.24) is 4.98 Å². The van der Waals surface area contributed by atoms with Gasteiger partial charge in [-0.2, -0.15) is 0 Å². The van der Waals surface area contributed by atoms with E-state index in [2.05, 4.69) is 11.4 Å². The molecule has 1 aliphatic carbocycles. The molecular weight excluding hydrogens is 428 g/mol. The van der Waals surface area contributed by atoms with Gasteiger partial charge in [-0.25, -0.2) is 4.98 Å². The molecule has 5 rings (SSSR count). The maximum absolute atomic E-state index is 12.7. The van der Waals surface area contributed by atoms with Crippen molar-refractivity contribution in [2.24, 2.45) is 0 Å². The molecule has 1 amide bonds. The van der Waals surface area contributed by atoms with Crippen LogP contribution >= 0.6 is 45.6 Å². The number of hydrogen-bond acceptors (Lipinski definition) is 5. The van der Waals surface area contributed by atoms with E-state index in [1.54, 1.807) is 22.7 Å². The molecule has 0 bridgehead atoms. The number of anilines is 1. The SMILES string of the molecule is O=C(Cc1ccc(Cl)s1)Nc1sc2c(c1-c1nc3ccccc3s1)CCCC2. The van der Waals surface area contributed by atoms with Crippen LogP contribution in [-0.4, -0.2) is 10.9 Å². The Labute approximate surface area is 180 Å². The molecule has 0 aliphatic heterocycles. The summed E-state index contributed by atoms with van der Waals surface area (Å²) in [5, 5.41) is 5.13. The third-order valence-corrected chi connectivity index (χ3v) is 8.39. The number of benzene rings is 1. The summed E-state index contributed by atoms with van der Waals surface area (Å²) in [5.74, 6) is -0.000486. The zero-order valence-electron chi connectivity index (χ0n) is 15.0. The quantitative estimate of drug-likeness (QED) is 0.376. The number of rotatable bonds is 4. The Kier molecular flexibility index (Phi) is 4.97. The van der Waals surface area contributed by atoms with Crippen LogP contribution in [0.3, 0.4) is 0 Å². The van der Waals surface area contributed by atoms with Gasteiger partial charge in [0.05, 0.1) is 21.0 Å². The van der Waals surface area contributed by atoms with Gasteiger partial charge in [0, 0.05) is 15.3 Å². The number of aryl methyl sites for hydroxylation is 1. The van der Waals surface area contributed by atoms with Crippen LogP contribution < -0.4 is 5.32 Å². The lowest BCUT2D eigenvalue weighted by Gasteiger charge is -2.11. The van der Waals surface area contributed by atoms with Crippen molar-refractivity contribution in [3.63, 3.8) is 0 Å². The Morgan fingerprint density at radius 2 is 1.93 bits per heavy atom. The van der Waals surface area contributed by atoms with Crippen molar-refractivity contribution in [2.45, 2.75) is 32.1 Å². The number of hydrogen-bond donors (Lipinski definition) is 1. The van der Waals surface area contributed by atoms with E-state index in [4.69, 9.17) is 16.6 Å². The molecule has 0 saturated heterocycles. The summed E-state index contributed by atoms with van der Waals surface area (Å²) in [7, 11) is 0. The minimum Gasteiger partial charge on any atom is -0.317 e. The molecule has 7 heteroatoms. The Morgan fingerprint density at radius 3 is 2.75 bits per heavy atom. The standard InChI is InChI=1S/C21H17ClN2OS3/c22-17-10-9-12(26-17)11-18(25)24-21-19(13-5-1-3-7-15(13)27-21)20-23-14-6-2-4-8-16(14)28-20/h2,4,6,8-10H,1,3,5,7,11H2,(H,24,25). The summed E-state index contributed by atoms with van der Waals surface area (Å²) >= 11 is 10.9. The molecule has 0 atom stereocenters. The number of amides is 1. The van der Waals surface area contributed by atoms with Gasteiger partial charge in [0.1, 0.15) is 10.0 Å². The number of halogens is 1. The summed E-state index contributed by atoms with van der Waals surface area (Å²) in [5.41, 5.74) is 3.53. The number of aromatic nitrogens is 1. The fourth-order valence-corrected chi connectivity index (χ4v) is 7.14. The molecule has 0 unspecified atom stereocenters. The Balaban J connectivity index is 1.52. The molecule has 0 saturated carbocycles. The van der Waals surface area contributed by atoms with Crippen molar-refractivity contribution < 1.29 is 4.79 Å². The summed E-state index contributed by atoms with van der Waals surface area (Å²) in [6.07, 6.45) is 4.91. The molecule has 3 nitrogen and oxygen atoms in total. The van der Waals surface area contributed by atoms with E-state index >= 15 is 0 Å². The zero-order valence-corrected chi connectivity index (χ0v) is 18.2. The summed E-state index contributed by atoms with van der Waals surface area (Å²) in [6.45, 7) is 0. The molecule has 142 valence electrons. The third-order valence-electron chi connectivity index (χ3n) is 4.90. The van der Waals surface area contributed by atoms with Crippen LogP contribution in [-0.2, 0) is 24.1 Å². The summed E-state index contributed by atoms with van der Waals surface area (Å²) in [6, 6.07) is 12.0. The number of carbonyl (C=O) groups is 1. The van der Waals surface area contributed by atoms with Crippen molar-refractivity contribution in [3.8, 4) is 10.6 Å². The van der Waals surface area contributed by atoms with Crippen molar-refractivity contribution in [2.75, 3.05) is 5.32 Å². The highest BCUT2D eigenvalue weighted by Gasteiger charge is 2.25. The number of thiazole rings is 1. The van der Waals surface area contributed by atoms with Gasteiger partial charge in [-0.15, -0.1) is 34.0 Å². The number of nitrogens with zero attached hydrogens (tertiary/aromatic N) is 1. The smallest absolute Gasteiger partial charge is 0.230 e. The minimum absolute atomic E-state index is 0.000486. The highest BCUT2D eigenvalue weighted by atomic mass is 35.5. The molecule has 0 spiro atoms. The maximum Gasteiger partial charge on any atom is 0.230 e. The van der Waals surface area contributed by atoms with E-state index in [1.807, 2.05) is 30.3 Å². The second-order valence-corrected chi connectivity index (χ2v) is 10.8. The van der Waals surface area contributed by atoms with Gasteiger partial charge in [-0.1, -0.05) is 23.7 Å². The zero-order chi connectivity index (χ0) is 19.1. The highest BCUT2D eigenvalue weighted by molar-refractivity contribution is 7.23. The van der Waals surface area contributed by atoms with Crippen LogP contribution in [0, 0.1) is 0 Å². The molecule has 3 aromatic heterocycles. The van der Waals surface area contributed by atoms with E-state index in [1.165, 1.54) is 39.3 Å². The highest BCUT2D eigenvalue weighted by Crippen LogP contribution is 2.46. The first kappa shape index (κ1) is 18.3. The number of thiophene rings is 2. The van der Waals surface area contributed by atoms with Gasteiger partial charge in [0.15, 0.2) is 0 Å². The number of carbonyl (C=O) groups excluding carboxylic acids is 1. The molecule has 4 aromatic rings. The third kappa shape index (κ3) is 3.50. The number of para-hydroxylation sites is 1. The fraction of sp³-hybridized carbons (Fsp3) is 0.238. The Morgan fingerprint density at radius 1 is 1.07 bits per heavy atom. The Hall–Kier alpha value is -1.73. The molecular formula is C21H17ClN2OS3. The first-order valence-corrected chi connectivity index (χ1v) is 12.0. The maximum atomic E-state index is 12.7. The normalized spacial score (nSPS) is 13.6. The van der Waals surface area contributed by atoms with Crippen LogP contribution in [0.15, 0.2) is 36.4 Å². The van der Waals surface area contributed by atoms with Crippen molar-refractivity contribution in [3.05, 3.63) is 56.1 Å². The lowest BCUT2D eigenvalue weighted by molar-refractivity contribution is -0.115. The molecule has 1 aliphatic rings. The number of fused-ring (bicyclic) bond motifs is 2. The average Bonchev–Trinajstić information content (AvgIpc) is 3.37. The second-order valence-electron chi connectivity index (χ2n) is 6.83. The fourth-order valence-electron chi connectivity index (χ4n) is 3.64. The van der Waals surface area contributed by atoms with Gasteiger partial charge >= 0.3 is 0 Å². The molecule has 1 aromatic carbocycles. The molecule has 28 heavy (non-hydrogen) atoms. The van der Waals surface area contributed by atoms with Gasteiger partial charge in [0.25, 0.3) is 0 Å². The number of nitrogens with one attached hydrogen (secondary N) is 1. The summed E-state index contributed by atoms with van der Waals surface area (Å²) < 4.78 is 1.89. The molecule has 0 radical (unpaired) electrons. The topological polar surface area (TPSA) is 42.0 Å². The van der Waals surface area contributed by atoms with E-state index in [0.717, 1.165) is 38.8 Å². The van der Waals surface area contributed by atoms with Crippen LogP contribution in [0.5, 0.6) is 0 Å².